The Morgan fingerprint density at radius 1 is 1.37 bits per heavy atom. The number of nitrogens with zero attached hydrogens (tertiary/aromatic N) is 1. The van der Waals surface area contributed by atoms with Crippen molar-refractivity contribution >= 4 is 11.6 Å². The van der Waals surface area contributed by atoms with Crippen molar-refractivity contribution in [1.82, 2.24) is 5.32 Å². The lowest BCUT2D eigenvalue weighted by Gasteiger charge is -2.25. The van der Waals surface area contributed by atoms with E-state index in [-0.39, 0.29) is 5.91 Å². The molecule has 0 saturated heterocycles. The summed E-state index contributed by atoms with van der Waals surface area (Å²) in [7, 11) is 0. The molecule has 106 valence electrons. The van der Waals surface area contributed by atoms with Crippen molar-refractivity contribution in [2.45, 2.75) is 26.7 Å². The highest BCUT2D eigenvalue weighted by atomic mass is 16.1. The summed E-state index contributed by atoms with van der Waals surface area (Å²) in [5, 5.41) is 2.94. The van der Waals surface area contributed by atoms with Gasteiger partial charge in [0, 0.05) is 31.7 Å². The van der Waals surface area contributed by atoms with Crippen molar-refractivity contribution in [3.63, 3.8) is 0 Å². The predicted molar refractivity (Wildman–Crippen MR) is 80.4 cm³/mol. The van der Waals surface area contributed by atoms with Crippen LogP contribution in [0, 0.1) is 6.92 Å². The normalized spacial score (nSPS) is 10.3. The second-order valence-corrected chi connectivity index (χ2v) is 4.61. The largest absolute Gasteiger partial charge is 0.370 e. The molecule has 0 aliphatic rings. The average molecular weight is 263 g/mol. The van der Waals surface area contributed by atoms with E-state index in [1.807, 2.05) is 12.1 Å². The maximum atomic E-state index is 11.5. The van der Waals surface area contributed by atoms with E-state index in [1.165, 1.54) is 11.3 Å². The second kappa shape index (κ2) is 8.53. The average Bonchev–Trinajstić information content (AvgIpc) is 2.42. The van der Waals surface area contributed by atoms with Crippen LogP contribution in [0.3, 0.4) is 0 Å². The zero-order valence-electron chi connectivity index (χ0n) is 12.0. The predicted octanol–water partition coefficient (Wildman–Crippen LogP) is 1.68. The van der Waals surface area contributed by atoms with Crippen LogP contribution in [0.1, 0.15) is 25.3 Å². The van der Waals surface area contributed by atoms with Crippen molar-refractivity contribution in [2.24, 2.45) is 5.73 Å². The third-order valence-corrected chi connectivity index (χ3v) is 3.15. The fourth-order valence-corrected chi connectivity index (χ4v) is 2.05. The molecule has 3 N–H and O–H groups in total. The van der Waals surface area contributed by atoms with Gasteiger partial charge < -0.3 is 16.0 Å². The molecule has 0 heterocycles. The number of nitrogens with two attached hydrogens (primary N) is 1. The van der Waals surface area contributed by atoms with Gasteiger partial charge in [-0.2, -0.15) is 0 Å². The van der Waals surface area contributed by atoms with E-state index >= 15 is 0 Å². The molecule has 0 spiro atoms. The minimum atomic E-state index is 0.0892. The number of rotatable bonds is 8. The molecule has 19 heavy (non-hydrogen) atoms. The molecule has 1 aromatic rings. The first-order valence-electron chi connectivity index (χ1n) is 6.96. The first kappa shape index (κ1) is 15.5. The molecule has 0 bridgehead atoms. The molecule has 0 fully saturated rings. The Morgan fingerprint density at radius 3 is 2.74 bits per heavy atom. The lowest BCUT2D eigenvalue weighted by atomic mass is 10.2. The molecule has 0 aromatic heterocycles. The van der Waals surface area contributed by atoms with Gasteiger partial charge in [0.2, 0.25) is 5.91 Å². The molecule has 0 aliphatic heterocycles. The van der Waals surface area contributed by atoms with Crippen LogP contribution in [-0.2, 0) is 4.79 Å². The summed E-state index contributed by atoms with van der Waals surface area (Å²) in [6.45, 7) is 7.24. The Hall–Kier alpha value is -1.55. The SMILES string of the molecule is CCN(CCNC(=O)CCCN)c1ccccc1C. The van der Waals surface area contributed by atoms with Crippen molar-refractivity contribution in [2.75, 3.05) is 31.1 Å². The monoisotopic (exact) mass is 263 g/mol. The number of likely N-dealkylation sites (N-methyl/N-ethyl adjacent to an activating group) is 1. The van der Waals surface area contributed by atoms with Crippen molar-refractivity contribution < 1.29 is 4.79 Å². The van der Waals surface area contributed by atoms with E-state index in [0.717, 1.165) is 19.5 Å². The highest BCUT2D eigenvalue weighted by Gasteiger charge is 2.07. The maximum Gasteiger partial charge on any atom is 0.220 e. The third kappa shape index (κ3) is 5.30. The summed E-state index contributed by atoms with van der Waals surface area (Å²) in [4.78, 5) is 13.8. The van der Waals surface area contributed by atoms with Crippen molar-refractivity contribution in [3.05, 3.63) is 29.8 Å². The molecule has 1 amide bonds. The summed E-state index contributed by atoms with van der Waals surface area (Å²) >= 11 is 0. The molecule has 0 saturated carbocycles. The van der Waals surface area contributed by atoms with E-state index in [1.54, 1.807) is 0 Å². The topological polar surface area (TPSA) is 58.4 Å². The van der Waals surface area contributed by atoms with Gasteiger partial charge >= 0.3 is 0 Å². The minimum absolute atomic E-state index is 0.0892. The standard InChI is InChI=1S/C15H25N3O/c1-3-18(14-8-5-4-7-13(14)2)12-11-17-15(19)9-6-10-16/h4-5,7-8H,3,6,9-12,16H2,1-2H3,(H,17,19). The molecule has 0 radical (unpaired) electrons. The van der Waals surface area contributed by atoms with E-state index in [0.29, 0.717) is 19.5 Å². The molecule has 0 aliphatic carbocycles. The van der Waals surface area contributed by atoms with Crippen LogP contribution in [0.4, 0.5) is 5.69 Å². The summed E-state index contributed by atoms with van der Waals surface area (Å²) in [6, 6.07) is 8.32. The van der Waals surface area contributed by atoms with Gasteiger partial charge in [0.05, 0.1) is 0 Å². The van der Waals surface area contributed by atoms with Crippen LogP contribution >= 0.6 is 0 Å². The number of aryl methyl sites for hydroxylation is 1. The van der Waals surface area contributed by atoms with Gasteiger partial charge in [-0.15, -0.1) is 0 Å². The first-order valence-corrected chi connectivity index (χ1v) is 6.96. The lowest BCUT2D eigenvalue weighted by Crippen LogP contribution is -2.35. The highest BCUT2D eigenvalue weighted by molar-refractivity contribution is 5.75. The Morgan fingerprint density at radius 2 is 2.11 bits per heavy atom. The van der Waals surface area contributed by atoms with Gasteiger partial charge in [-0.3, -0.25) is 4.79 Å². The third-order valence-electron chi connectivity index (χ3n) is 3.15. The number of carbonyl (C=O) groups excluding carboxylic acids is 1. The van der Waals surface area contributed by atoms with Gasteiger partial charge in [-0.1, -0.05) is 18.2 Å². The first-order chi connectivity index (χ1) is 9.19. The molecule has 4 nitrogen and oxygen atoms in total. The van der Waals surface area contributed by atoms with Crippen LogP contribution in [0.2, 0.25) is 0 Å². The molecule has 4 heteroatoms. The smallest absolute Gasteiger partial charge is 0.220 e. The molecule has 0 unspecified atom stereocenters. The van der Waals surface area contributed by atoms with Crippen LogP contribution in [0.15, 0.2) is 24.3 Å². The van der Waals surface area contributed by atoms with Gasteiger partial charge in [0.25, 0.3) is 0 Å². The Labute approximate surface area is 116 Å². The van der Waals surface area contributed by atoms with Gasteiger partial charge in [0.15, 0.2) is 0 Å². The zero-order valence-corrected chi connectivity index (χ0v) is 12.0. The molecule has 1 rings (SSSR count). The van der Waals surface area contributed by atoms with Crippen LogP contribution in [0.5, 0.6) is 0 Å². The number of amides is 1. The minimum Gasteiger partial charge on any atom is -0.370 e. The summed E-state index contributed by atoms with van der Waals surface area (Å²) in [5.41, 5.74) is 7.88. The van der Waals surface area contributed by atoms with E-state index in [4.69, 9.17) is 5.73 Å². The Balaban J connectivity index is 2.42. The molecular weight excluding hydrogens is 238 g/mol. The second-order valence-electron chi connectivity index (χ2n) is 4.61. The van der Waals surface area contributed by atoms with Crippen LogP contribution < -0.4 is 16.0 Å². The summed E-state index contributed by atoms with van der Waals surface area (Å²) in [6.07, 6.45) is 1.27. The summed E-state index contributed by atoms with van der Waals surface area (Å²) < 4.78 is 0. The molecular formula is C15H25N3O. The van der Waals surface area contributed by atoms with Crippen molar-refractivity contribution in [3.8, 4) is 0 Å². The number of hydrogen-bond donors (Lipinski definition) is 2. The molecule has 1 aromatic carbocycles. The number of benzene rings is 1. The van der Waals surface area contributed by atoms with E-state index in [9.17, 15) is 4.79 Å². The van der Waals surface area contributed by atoms with Crippen LogP contribution in [0.25, 0.3) is 0 Å². The fraction of sp³-hybridized carbons (Fsp3) is 0.533. The van der Waals surface area contributed by atoms with E-state index < -0.39 is 0 Å². The number of carbonyl (C=O) groups is 1. The number of anilines is 1. The zero-order chi connectivity index (χ0) is 14.1. The molecule has 0 atom stereocenters. The maximum absolute atomic E-state index is 11.5. The van der Waals surface area contributed by atoms with Gasteiger partial charge in [-0.05, 0) is 38.4 Å². The number of para-hydroxylation sites is 1. The number of nitrogens with one attached hydrogen (secondary N) is 1. The van der Waals surface area contributed by atoms with Crippen molar-refractivity contribution in [1.29, 1.82) is 0 Å². The van der Waals surface area contributed by atoms with Gasteiger partial charge in [0.1, 0.15) is 0 Å². The lowest BCUT2D eigenvalue weighted by molar-refractivity contribution is -0.121. The van der Waals surface area contributed by atoms with E-state index in [2.05, 4.69) is 36.2 Å². The Bertz CT molecular complexity index is 393. The highest BCUT2D eigenvalue weighted by Crippen LogP contribution is 2.18. The quantitative estimate of drug-likeness (QED) is 0.750. The Kier molecular flexibility index (Phi) is 6.97. The number of hydrogen-bond acceptors (Lipinski definition) is 3. The summed E-state index contributed by atoms with van der Waals surface area (Å²) in [5.74, 6) is 0.0892. The van der Waals surface area contributed by atoms with Crippen LogP contribution in [-0.4, -0.2) is 32.1 Å². The fourth-order valence-electron chi connectivity index (χ4n) is 2.05. The van der Waals surface area contributed by atoms with Gasteiger partial charge in [-0.25, -0.2) is 0 Å².